The van der Waals surface area contributed by atoms with Gasteiger partial charge in [0.25, 0.3) is 11.8 Å². The summed E-state index contributed by atoms with van der Waals surface area (Å²) >= 11 is 0. The zero-order chi connectivity index (χ0) is 24.7. The van der Waals surface area contributed by atoms with Crippen LogP contribution in [0.1, 0.15) is 16.8 Å². The number of anilines is 1. The Morgan fingerprint density at radius 2 is 1.77 bits per heavy atom. The minimum atomic E-state index is -4.61. The lowest BCUT2D eigenvalue weighted by atomic mass is 10.1. The van der Waals surface area contributed by atoms with Crippen LogP contribution in [0.2, 0.25) is 0 Å². The van der Waals surface area contributed by atoms with Crippen molar-refractivity contribution in [1.82, 2.24) is 24.9 Å². The van der Waals surface area contributed by atoms with Crippen LogP contribution < -0.4 is 5.32 Å². The number of carbonyl (C=O) groups is 1. The topological polar surface area (TPSA) is 89.1 Å². The summed E-state index contributed by atoms with van der Waals surface area (Å²) in [6.07, 6.45) is -4.19. The molecule has 0 radical (unpaired) electrons. The summed E-state index contributed by atoms with van der Waals surface area (Å²) in [6, 6.07) is 10.1. The lowest BCUT2D eigenvalue weighted by Gasteiger charge is -2.28. The fraction of sp³-hybridized carbons (Fsp3) is 0.217. The van der Waals surface area contributed by atoms with Gasteiger partial charge in [0.2, 0.25) is 0 Å². The molecule has 4 aromatic rings. The van der Waals surface area contributed by atoms with Gasteiger partial charge in [-0.2, -0.15) is 18.3 Å². The minimum Gasteiger partial charge on any atom is -0.414 e. The van der Waals surface area contributed by atoms with Crippen molar-refractivity contribution >= 4 is 11.7 Å². The molecule has 0 spiro atoms. The van der Waals surface area contributed by atoms with Gasteiger partial charge in [-0.15, -0.1) is 10.2 Å². The van der Waals surface area contributed by atoms with Crippen molar-refractivity contribution in [3.8, 4) is 23.0 Å². The van der Waals surface area contributed by atoms with E-state index < -0.39 is 23.6 Å². The van der Waals surface area contributed by atoms with Gasteiger partial charge < -0.3 is 14.6 Å². The third kappa shape index (κ3) is 4.22. The normalized spacial score (nSPS) is 13.6. The van der Waals surface area contributed by atoms with Crippen LogP contribution in [0, 0.1) is 5.82 Å². The third-order valence-electron chi connectivity index (χ3n) is 5.74. The first-order valence-electron chi connectivity index (χ1n) is 10.6. The number of halogens is 4. The van der Waals surface area contributed by atoms with Gasteiger partial charge in [-0.25, -0.2) is 9.18 Å². The molecule has 1 aliphatic heterocycles. The van der Waals surface area contributed by atoms with E-state index in [4.69, 9.17) is 4.42 Å². The molecule has 3 heterocycles. The van der Waals surface area contributed by atoms with Crippen LogP contribution in [-0.2, 0) is 26.2 Å². The molecule has 1 N–H and O–H groups in total. The van der Waals surface area contributed by atoms with Crippen molar-refractivity contribution in [2.75, 3.05) is 11.9 Å². The summed E-state index contributed by atoms with van der Waals surface area (Å²) in [5.74, 6) is -0.496. The van der Waals surface area contributed by atoms with E-state index in [9.17, 15) is 22.4 Å². The number of urea groups is 1. The van der Waals surface area contributed by atoms with E-state index in [1.807, 2.05) is 0 Å². The molecule has 1 aliphatic rings. The maximum Gasteiger partial charge on any atom is 0.418 e. The molecule has 5 rings (SSSR count). The Morgan fingerprint density at radius 1 is 1.06 bits per heavy atom. The van der Waals surface area contributed by atoms with E-state index in [1.165, 1.54) is 41.3 Å². The minimum absolute atomic E-state index is 0.0216. The smallest absolute Gasteiger partial charge is 0.414 e. The van der Waals surface area contributed by atoms with Crippen molar-refractivity contribution < 1.29 is 26.8 Å². The molecule has 0 unspecified atom stereocenters. The highest BCUT2D eigenvalue weighted by Gasteiger charge is 2.35. The second-order valence-electron chi connectivity index (χ2n) is 7.93. The molecule has 0 saturated heterocycles. The highest BCUT2D eigenvalue weighted by molar-refractivity contribution is 5.90. The Balaban J connectivity index is 1.41. The van der Waals surface area contributed by atoms with Crippen LogP contribution in [0.15, 0.2) is 52.9 Å². The van der Waals surface area contributed by atoms with Gasteiger partial charge in [0.15, 0.2) is 5.69 Å². The first-order chi connectivity index (χ1) is 16.7. The number of benzene rings is 2. The molecular weight excluding hydrogens is 468 g/mol. The number of nitrogens with zero attached hydrogens (tertiary/aromatic N) is 5. The molecule has 2 aromatic heterocycles. The summed E-state index contributed by atoms with van der Waals surface area (Å²) in [4.78, 5) is 14.2. The quantitative estimate of drug-likeness (QED) is 0.417. The fourth-order valence-electron chi connectivity index (χ4n) is 4.03. The molecule has 8 nitrogen and oxygen atoms in total. The van der Waals surface area contributed by atoms with Gasteiger partial charge in [0.05, 0.1) is 23.4 Å². The number of hydrogen-bond donors (Lipinski definition) is 1. The Bertz CT molecular complexity index is 1410. The van der Waals surface area contributed by atoms with Crippen molar-refractivity contribution in [2.45, 2.75) is 19.1 Å². The van der Waals surface area contributed by atoms with Crippen LogP contribution >= 0.6 is 0 Å². The molecule has 0 aliphatic carbocycles. The predicted molar refractivity (Wildman–Crippen MR) is 116 cm³/mol. The van der Waals surface area contributed by atoms with Gasteiger partial charge in [-0.3, -0.25) is 4.68 Å². The highest BCUT2D eigenvalue weighted by atomic mass is 19.4. The van der Waals surface area contributed by atoms with E-state index in [-0.39, 0.29) is 36.1 Å². The number of alkyl halides is 3. The van der Waals surface area contributed by atoms with Crippen molar-refractivity contribution in [3.63, 3.8) is 0 Å². The first-order valence-corrected chi connectivity index (χ1v) is 10.6. The molecule has 180 valence electrons. The van der Waals surface area contributed by atoms with Gasteiger partial charge in [0.1, 0.15) is 5.82 Å². The van der Waals surface area contributed by atoms with Crippen molar-refractivity contribution in [1.29, 1.82) is 0 Å². The second kappa shape index (κ2) is 8.53. The average Bonchev–Trinajstić information content (AvgIpc) is 3.43. The molecule has 0 bridgehead atoms. The Kier molecular flexibility index (Phi) is 5.50. The number of para-hydroxylation sites is 1. The number of carbonyl (C=O) groups excluding carboxylic acids is 1. The lowest BCUT2D eigenvalue weighted by Crippen LogP contribution is -2.39. The van der Waals surface area contributed by atoms with Crippen LogP contribution in [0.25, 0.3) is 23.0 Å². The summed E-state index contributed by atoms with van der Waals surface area (Å²) in [5, 5.41) is 14.7. The van der Waals surface area contributed by atoms with Crippen molar-refractivity contribution in [2.24, 2.45) is 7.05 Å². The molecular formula is C23H18F4N6O2. The zero-order valence-electron chi connectivity index (χ0n) is 18.3. The Morgan fingerprint density at radius 3 is 2.54 bits per heavy atom. The number of nitrogens with one attached hydrogen (secondary N) is 1. The van der Waals surface area contributed by atoms with Crippen LogP contribution in [0.4, 0.5) is 28.0 Å². The molecule has 12 heteroatoms. The van der Waals surface area contributed by atoms with Gasteiger partial charge in [0, 0.05) is 31.3 Å². The molecule has 0 atom stereocenters. The SMILES string of the molecule is Cn1nc(-c2nnc(-c3ccccc3F)o2)c2c1CCN(C(=O)Nc1ccccc1C(F)(F)F)C2. The first kappa shape index (κ1) is 22.6. The predicted octanol–water partition coefficient (Wildman–Crippen LogP) is 4.89. The zero-order valence-corrected chi connectivity index (χ0v) is 18.3. The van der Waals surface area contributed by atoms with Crippen LogP contribution in [-0.4, -0.2) is 37.5 Å². The molecule has 2 amide bonds. The van der Waals surface area contributed by atoms with E-state index in [0.717, 1.165) is 11.8 Å². The highest BCUT2D eigenvalue weighted by Crippen LogP contribution is 2.35. The molecule has 0 saturated carbocycles. The van der Waals surface area contributed by atoms with Crippen LogP contribution in [0.5, 0.6) is 0 Å². The Labute approximate surface area is 196 Å². The lowest BCUT2D eigenvalue weighted by molar-refractivity contribution is -0.136. The monoisotopic (exact) mass is 486 g/mol. The van der Waals surface area contributed by atoms with E-state index >= 15 is 0 Å². The maximum absolute atomic E-state index is 14.1. The van der Waals surface area contributed by atoms with Gasteiger partial charge in [-0.1, -0.05) is 24.3 Å². The Hall–Kier alpha value is -4.22. The maximum atomic E-state index is 14.1. The van der Waals surface area contributed by atoms with Crippen molar-refractivity contribution in [3.05, 3.63) is 71.2 Å². The van der Waals surface area contributed by atoms with E-state index in [2.05, 4.69) is 20.6 Å². The summed E-state index contributed by atoms with van der Waals surface area (Å²) in [7, 11) is 1.73. The molecule has 0 fully saturated rings. The number of aryl methyl sites for hydroxylation is 1. The number of amides is 2. The third-order valence-corrected chi connectivity index (χ3v) is 5.74. The number of fused-ring (bicyclic) bond motifs is 1. The summed E-state index contributed by atoms with van der Waals surface area (Å²) in [5.41, 5.74) is 0.659. The average molecular weight is 486 g/mol. The molecule has 2 aromatic carbocycles. The molecule has 35 heavy (non-hydrogen) atoms. The number of aromatic nitrogens is 4. The fourth-order valence-corrected chi connectivity index (χ4v) is 4.03. The van der Waals surface area contributed by atoms with Crippen LogP contribution in [0.3, 0.4) is 0 Å². The number of hydrogen-bond acceptors (Lipinski definition) is 5. The van der Waals surface area contributed by atoms with E-state index in [0.29, 0.717) is 17.7 Å². The van der Waals surface area contributed by atoms with E-state index in [1.54, 1.807) is 17.8 Å². The second-order valence-corrected chi connectivity index (χ2v) is 7.93. The van der Waals surface area contributed by atoms with Gasteiger partial charge >= 0.3 is 12.2 Å². The largest absolute Gasteiger partial charge is 0.418 e. The van der Waals surface area contributed by atoms with Gasteiger partial charge in [-0.05, 0) is 24.3 Å². The number of rotatable bonds is 3. The summed E-state index contributed by atoms with van der Waals surface area (Å²) in [6.45, 7) is 0.340. The standard InChI is InChI=1S/C23H18F4N6O2/c1-32-18-10-11-33(22(34)28-17-9-5-3-7-15(17)23(25,26)27)12-14(18)19(31-32)21-30-29-20(35-21)13-6-2-4-8-16(13)24/h2-9H,10-12H2,1H3,(H,28,34). The summed E-state index contributed by atoms with van der Waals surface area (Å²) < 4.78 is 61.4.